The Bertz CT molecular complexity index is 533. The third kappa shape index (κ3) is 4.17. The number of hydrogen-bond donors (Lipinski definition) is 2. The molecule has 2 N–H and O–H groups in total. The van der Waals surface area contributed by atoms with Gasteiger partial charge in [0.1, 0.15) is 18.1 Å². The summed E-state index contributed by atoms with van der Waals surface area (Å²) >= 11 is 6.01. The van der Waals surface area contributed by atoms with E-state index in [4.69, 9.17) is 26.4 Å². The van der Waals surface area contributed by atoms with Gasteiger partial charge < -0.3 is 19.4 Å². The number of hydrogen-bond acceptors (Lipinski definition) is 4. The predicted octanol–water partition coefficient (Wildman–Crippen LogP) is 2.27. The molecule has 0 saturated heterocycles. The zero-order valence-electron chi connectivity index (χ0n) is 9.99. The quantitative estimate of drug-likeness (QED) is 0.824. The van der Waals surface area contributed by atoms with Crippen LogP contribution in [-0.2, 0) is 6.61 Å². The Hall–Kier alpha value is -1.69. The summed E-state index contributed by atoms with van der Waals surface area (Å²) in [5.74, 6) is 0.761. The minimum absolute atomic E-state index is 0.257. The first-order chi connectivity index (χ1) is 9.15. The summed E-state index contributed by atoms with van der Waals surface area (Å²) in [6, 6.07) is 14.3. The molecule has 0 radical (unpaired) electrons. The van der Waals surface area contributed by atoms with Crippen molar-refractivity contribution >= 4 is 18.9 Å². The van der Waals surface area contributed by atoms with Crippen LogP contribution in [0, 0.1) is 0 Å². The minimum atomic E-state index is -1.87. The van der Waals surface area contributed by atoms with Crippen molar-refractivity contribution in [1.82, 2.24) is 0 Å². The molecule has 0 unspecified atom stereocenters. The van der Waals surface area contributed by atoms with Gasteiger partial charge in [-0.05, 0) is 17.7 Å². The van der Waals surface area contributed by atoms with Crippen LogP contribution in [0.3, 0.4) is 0 Å². The maximum Gasteiger partial charge on any atom is 0.707 e. The van der Waals surface area contributed by atoms with Crippen molar-refractivity contribution in [2.45, 2.75) is 6.61 Å². The van der Waals surface area contributed by atoms with Crippen LogP contribution in [-0.4, -0.2) is 17.4 Å². The molecule has 0 aliphatic rings. The molecule has 0 aliphatic carbocycles. The van der Waals surface area contributed by atoms with Crippen molar-refractivity contribution in [3.8, 4) is 11.5 Å². The highest BCUT2D eigenvalue weighted by molar-refractivity contribution is 6.34. The van der Waals surface area contributed by atoms with Gasteiger partial charge in [0, 0.05) is 6.07 Å². The highest BCUT2D eigenvalue weighted by atomic mass is 35.5. The second-order valence-electron chi connectivity index (χ2n) is 3.81. The van der Waals surface area contributed by atoms with E-state index in [2.05, 4.69) is 4.65 Å². The largest absolute Gasteiger partial charge is 0.707 e. The standard InChI is InChI=1S/C13H12BClO4/c15-12-8-11(19-14(16)17)6-7-13(12)18-9-10-4-2-1-3-5-10/h1-8,16-17H,9H2. The fourth-order valence-corrected chi connectivity index (χ4v) is 1.75. The zero-order valence-corrected chi connectivity index (χ0v) is 10.7. The number of ether oxygens (including phenoxy) is 1. The normalized spacial score (nSPS) is 10.1. The topological polar surface area (TPSA) is 58.9 Å². The monoisotopic (exact) mass is 278 g/mol. The Morgan fingerprint density at radius 2 is 1.79 bits per heavy atom. The molecule has 0 fully saturated rings. The number of benzene rings is 2. The van der Waals surface area contributed by atoms with E-state index >= 15 is 0 Å². The lowest BCUT2D eigenvalue weighted by Gasteiger charge is -2.10. The molecule has 6 heteroatoms. The molecule has 2 rings (SSSR count). The average Bonchev–Trinajstić information content (AvgIpc) is 2.38. The van der Waals surface area contributed by atoms with Crippen LogP contribution in [0.2, 0.25) is 5.02 Å². The van der Waals surface area contributed by atoms with Crippen molar-refractivity contribution in [3.63, 3.8) is 0 Å². The third-order valence-corrected chi connectivity index (χ3v) is 2.68. The van der Waals surface area contributed by atoms with E-state index in [1.54, 1.807) is 12.1 Å². The van der Waals surface area contributed by atoms with Crippen LogP contribution in [0.15, 0.2) is 48.5 Å². The molecule has 0 amide bonds. The fraction of sp³-hybridized carbons (Fsp3) is 0.0769. The Kier molecular flexibility index (Phi) is 4.68. The molecule has 0 saturated carbocycles. The van der Waals surface area contributed by atoms with Gasteiger partial charge in [-0.15, -0.1) is 0 Å². The first-order valence-electron chi connectivity index (χ1n) is 5.64. The highest BCUT2D eigenvalue weighted by Crippen LogP contribution is 2.29. The van der Waals surface area contributed by atoms with Crippen LogP contribution >= 0.6 is 11.6 Å². The van der Waals surface area contributed by atoms with Gasteiger partial charge >= 0.3 is 7.32 Å². The third-order valence-electron chi connectivity index (χ3n) is 2.38. The van der Waals surface area contributed by atoms with E-state index < -0.39 is 7.32 Å². The van der Waals surface area contributed by atoms with Crippen molar-refractivity contribution in [2.24, 2.45) is 0 Å². The molecule has 0 spiro atoms. The molecule has 2 aromatic rings. The van der Waals surface area contributed by atoms with E-state index in [0.717, 1.165) is 5.56 Å². The molecular formula is C13H12BClO4. The lowest BCUT2D eigenvalue weighted by Crippen LogP contribution is -2.20. The van der Waals surface area contributed by atoms with Crippen LogP contribution in [0.5, 0.6) is 11.5 Å². The average molecular weight is 278 g/mol. The van der Waals surface area contributed by atoms with Crippen LogP contribution in [0.1, 0.15) is 5.56 Å². The van der Waals surface area contributed by atoms with Crippen LogP contribution < -0.4 is 9.39 Å². The summed E-state index contributed by atoms with van der Waals surface area (Å²) in [7, 11) is -1.87. The van der Waals surface area contributed by atoms with Gasteiger partial charge in [0.15, 0.2) is 0 Å². The second-order valence-corrected chi connectivity index (χ2v) is 4.22. The lowest BCUT2D eigenvalue weighted by molar-refractivity contribution is 0.286. The van der Waals surface area contributed by atoms with Crippen molar-refractivity contribution in [1.29, 1.82) is 0 Å². The van der Waals surface area contributed by atoms with Gasteiger partial charge in [0.05, 0.1) is 5.02 Å². The van der Waals surface area contributed by atoms with E-state index in [1.165, 1.54) is 6.07 Å². The Balaban J connectivity index is 2.01. The number of rotatable bonds is 5. The van der Waals surface area contributed by atoms with E-state index in [1.807, 2.05) is 30.3 Å². The first kappa shape index (κ1) is 13.7. The van der Waals surface area contributed by atoms with Gasteiger partial charge in [-0.1, -0.05) is 41.9 Å². The summed E-state index contributed by atoms with van der Waals surface area (Å²) in [5.41, 5.74) is 1.03. The molecule has 2 aromatic carbocycles. The predicted molar refractivity (Wildman–Crippen MR) is 73.0 cm³/mol. The summed E-state index contributed by atoms with van der Waals surface area (Å²) in [4.78, 5) is 0. The van der Waals surface area contributed by atoms with E-state index in [0.29, 0.717) is 17.4 Å². The van der Waals surface area contributed by atoms with Crippen molar-refractivity contribution < 1.29 is 19.4 Å². The Morgan fingerprint density at radius 3 is 2.42 bits per heavy atom. The maximum atomic E-state index is 8.68. The Morgan fingerprint density at radius 1 is 1.05 bits per heavy atom. The van der Waals surface area contributed by atoms with Gasteiger partial charge in [-0.3, -0.25) is 0 Å². The molecule has 4 nitrogen and oxygen atoms in total. The van der Waals surface area contributed by atoms with E-state index in [9.17, 15) is 0 Å². The molecule has 0 atom stereocenters. The van der Waals surface area contributed by atoms with Gasteiger partial charge in [0.25, 0.3) is 0 Å². The second kappa shape index (κ2) is 6.47. The summed E-state index contributed by atoms with van der Waals surface area (Å²) < 4.78 is 10.3. The summed E-state index contributed by atoms with van der Waals surface area (Å²) in [5, 5.41) is 17.7. The Labute approximate surface area is 116 Å². The minimum Gasteiger partial charge on any atom is -0.512 e. The molecule has 0 aliphatic heterocycles. The number of halogens is 1. The first-order valence-corrected chi connectivity index (χ1v) is 6.02. The lowest BCUT2D eigenvalue weighted by atomic mass is 10.2. The molecular weight excluding hydrogens is 266 g/mol. The van der Waals surface area contributed by atoms with E-state index in [-0.39, 0.29) is 5.75 Å². The maximum absolute atomic E-state index is 8.68. The molecule has 0 aromatic heterocycles. The summed E-state index contributed by atoms with van der Waals surface area (Å²) in [6.07, 6.45) is 0. The molecule has 19 heavy (non-hydrogen) atoms. The van der Waals surface area contributed by atoms with Gasteiger partial charge in [-0.2, -0.15) is 0 Å². The van der Waals surface area contributed by atoms with Crippen LogP contribution in [0.25, 0.3) is 0 Å². The SMILES string of the molecule is OB(O)Oc1ccc(OCc2ccccc2)c(Cl)c1. The molecule has 0 bridgehead atoms. The summed E-state index contributed by atoms with van der Waals surface area (Å²) in [6.45, 7) is 0.406. The molecule has 98 valence electrons. The van der Waals surface area contributed by atoms with Gasteiger partial charge in [0.2, 0.25) is 0 Å². The smallest absolute Gasteiger partial charge is 0.512 e. The van der Waals surface area contributed by atoms with Crippen molar-refractivity contribution in [3.05, 3.63) is 59.1 Å². The van der Waals surface area contributed by atoms with Crippen LogP contribution in [0.4, 0.5) is 0 Å². The highest BCUT2D eigenvalue weighted by Gasteiger charge is 2.12. The zero-order chi connectivity index (χ0) is 13.7. The fourth-order valence-electron chi connectivity index (χ4n) is 1.53. The molecule has 0 heterocycles. The van der Waals surface area contributed by atoms with Crippen molar-refractivity contribution in [2.75, 3.05) is 0 Å². The van der Waals surface area contributed by atoms with Gasteiger partial charge in [-0.25, -0.2) is 0 Å².